The number of carboxylic acid groups (broad SMARTS) is 1. The fourth-order valence-corrected chi connectivity index (χ4v) is 2.29. The number of carbonyl (C=O) groups is 1. The van der Waals surface area contributed by atoms with Crippen molar-refractivity contribution in [2.45, 2.75) is 96.8 Å². The summed E-state index contributed by atoms with van der Waals surface area (Å²) < 4.78 is 0. The fourth-order valence-electron chi connectivity index (χ4n) is 2.29. The zero-order valence-corrected chi connectivity index (χ0v) is 16.7. The minimum absolute atomic E-state index is 0. The summed E-state index contributed by atoms with van der Waals surface area (Å²) >= 11 is 0. The number of hydrogen-bond donors (Lipinski definition) is 0. The normalized spacial score (nSPS) is 9.57. The van der Waals surface area contributed by atoms with Crippen molar-refractivity contribution in [2.24, 2.45) is 0 Å². The topological polar surface area (TPSA) is 109 Å². The molecule has 0 fully saturated rings. The first-order valence-corrected chi connectivity index (χ1v) is 8.68. The Bertz CT molecular complexity index is 228. The maximum absolute atomic E-state index is 10.2. The Morgan fingerprint density at radius 2 is 0.957 bits per heavy atom. The quantitative estimate of drug-likeness (QED) is 0.303. The van der Waals surface area contributed by atoms with E-state index in [0.29, 0.717) is 0 Å². The molecule has 0 amide bonds. The SMILES string of the molecule is CCCCCCCCCCCCCCCC(=O)[O-].[Nb].[O-]B([O-])[O-]. The molecule has 0 saturated heterocycles. The van der Waals surface area contributed by atoms with Crippen LogP contribution in [-0.4, -0.2) is 13.3 Å². The number of carboxylic acids is 1. The van der Waals surface area contributed by atoms with Crippen LogP contribution < -0.4 is 20.2 Å². The van der Waals surface area contributed by atoms with Gasteiger partial charge in [0.25, 0.3) is 0 Å². The van der Waals surface area contributed by atoms with Gasteiger partial charge in [0, 0.05) is 28.3 Å². The van der Waals surface area contributed by atoms with Gasteiger partial charge in [0.15, 0.2) is 0 Å². The smallest absolute Gasteiger partial charge is 0.0414 e. The van der Waals surface area contributed by atoms with E-state index in [4.69, 9.17) is 15.1 Å². The molecule has 137 valence electrons. The standard InChI is InChI=1S/C16H32O2.BO3.Nb/c1-2-3-4-5-6-7-8-9-10-11-12-13-14-15-16(17)18;2-1(3)4;/h2-15H2,1H3,(H,17,18);;/q;-3;/p-1. The Balaban J connectivity index is -0.000000712. The van der Waals surface area contributed by atoms with Gasteiger partial charge in [-0.2, -0.15) is 0 Å². The van der Waals surface area contributed by atoms with Gasteiger partial charge in [0.1, 0.15) is 0 Å². The molecule has 0 saturated carbocycles. The summed E-state index contributed by atoms with van der Waals surface area (Å²) in [5.41, 5.74) is 0. The summed E-state index contributed by atoms with van der Waals surface area (Å²) in [6.07, 6.45) is 16.9. The third-order valence-electron chi connectivity index (χ3n) is 3.48. The summed E-state index contributed by atoms with van der Waals surface area (Å²) in [7, 11) is -2.92. The second-order valence-corrected chi connectivity index (χ2v) is 5.65. The molecule has 0 aliphatic heterocycles. The van der Waals surface area contributed by atoms with E-state index in [0.717, 1.165) is 12.8 Å². The summed E-state index contributed by atoms with van der Waals surface area (Å²) in [5.74, 6) is -0.905. The van der Waals surface area contributed by atoms with Crippen molar-refractivity contribution < 1.29 is 47.4 Å². The summed E-state index contributed by atoms with van der Waals surface area (Å²) in [5, 5.41) is 35.4. The fraction of sp³-hybridized carbons (Fsp3) is 0.938. The molecule has 0 bridgehead atoms. The van der Waals surface area contributed by atoms with Gasteiger partial charge in [-0.25, -0.2) is 0 Å². The van der Waals surface area contributed by atoms with Gasteiger partial charge >= 0.3 is 0 Å². The van der Waals surface area contributed by atoms with E-state index >= 15 is 0 Å². The van der Waals surface area contributed by atoms with Crippen LogP contribution in [-0.2, 0) is 27.2 Å². The van der Waals surface area contributed by atoms with Gasteiger partial charge in [-0.3, -0.25) is 7.32 Å². The van der Waals surface area contributed by atoms with E-state index in [2.05, 4.69) is 6.92 Å². The van der Waals surface area contributed by atoms with Crippen molar-refractivity contribution >= 4 is 13.3 Å². The number of carbonyl (C=O) groups excluding carboxylic acids is 1. The largest absolute Gasteiger partial charge is 0.907 e. The Hall–Kier alpha value is 0.155. The van der Waals surface area contributed by atoms with Crippen LogP contribution in [0.1, 0.15) is 96.8 Å². The molecule has 1 radical (unpaired) electrons. The van der Waals surface area contributed by atoms with Crippen LogP contribution in [0.15, 0.2) is 0 Å². The Morgan fingerprint density at radius 3 is 1.22 bits per heavy atom. The number of rotatable bonds is 14. The monoisotopic (exact) mass is 407 g/mol. The van der Waals surface area contributed by atoms with Crippen molar-refractivity contribution in [1.82, 2.24) is 0 Å². The summed E-state index contributed by atoms with van der Waals surface area (Å²) in [6, 6.07) is 0. The Morgan fingerprint density at radius 1 is 0.696 bits per heavy atom. The minimum atomic E-state index is -2.92. The van der Waals surface area contributed by atoms with Crippen molar-refractivity contribution in [3.8, 4) is 0 Å². The van der Waals surface area contributed by atoms with Gasteiger partial charge in [0.2, 0.25) is 0 Å². The first-order chi connectivity index (χ1) is 10.5. The number of unbranched alkanes of at least 4 members (excludes halogenated alkanes) is 12. The Labute approximate surface area is 157 Å². The third kappa shape index (κ3) is 39.2. The molecule has 0 N–H and O–H groups in total. The molecule has 0 heterocycles. The van der Waals surface area contributed by atoms with Crippen LogP contribution in [0.2, 0.25) is 0 Å². The zero-order valence-electron chi connectivity index (χ0n) is 14.5. The van der Waals surface area contributed by atoms with Gasteiger partial charge in [-0.05, 0) is 12.8 Å². The van der Waals surface area contributed by atoms with E-state index in [9.17, 15) is 9.90 Å². The second kappa shape index (κ2) is 24.4. The third-order valence-corrected chi connectivity index (χ3v) is 3.48. The van der Waals surface area contributed by atoms with E-state index < -0.39 is 13.3 Å². The second-order valence-electron chi connectivity index (χ2n) is 5.65. The molecular formula is C16H31BNbO5-4. The van der Waals surface area contributed by atoms with Crippen LogP contribution in [0.25, 0.3) is 0 Å². The van der Waals surface area contributed by atoms with Crippen LogP contribution in [0.3, 0.4) is 0 Å². The molecule has 5 nitrogen and oxygen atoms in total. The van der Waals surface area contributed by atoms with E-state index in [1.165, 1.54) is 70.6 Å². The van der Waals surface area contributed by atoms with Crippen LogP contribution in [0.4, 0.5) is 0 Å². The molecule has 0 atom stereocenters. The Kier molecular flexibility index (Phi) is 29.7. The maximum atomic E-state index is 10.2. The maximum Gasteiger partial charge on any atom is 0.0414 e. The van der Waals surface area contributed by atoms with Gasteiger partial charge in [-0.15, -0.1) is 0 Å². The van der Waals surface area contributed by atoms with Crippen LogP contribution in [0, 0.1) is 0 Å². The molecule has 7 heteroatoms. The molecule has 0 aliphatic carbocycles. The van der Waals surface area contributed by atoms with Crippen LogP contribution in [0.5, 0.6) is 0 Å². The molecule has 0 aromatic heterocycles. The summed E-state index contributed by atoms with van der Waals surface area (Å²) in [4.78, 5) is 10.2. The molecule has 0 unspecified atom stereocenters. The van der Waals surface area contributed by atoms with Gasteiger partial charge in [0.05, 0.1) is 0 Å². The molecule has 0 aliphatic rings. The van der Waals surface area contributed by atoms with E-state index in [1.807, 2.05) is 0 Å². The molecule has 0 aromatic rings. The van der Waals surface area contributed by atoms with Crippen molar-refractivity contribution in [2.75, 3.05) is 0 Å². The predicted octanol–water partition coefficient (Wildman–Crippen LogP) is 0.267. The van der Waals surface area contributed by atoms with Crippen LogP contribution >= 0.6 is 0 Å². The first kappa shape index (κ1) is 28.0. The van der Waals surface area contributed by atoms with Gasteiger partial charge in [-0.1, -0.05) is 84.0 Å². The number of aliphatic carboxylic acids is 1. The average molecular weight is 407 g/mol. The summed E-state index contributed by atoms with van der Waals surface area (Å²) in [6.45, 7) is 2.26. The molecule has 0 aromatic carbocycles. The minimum Gasteiger partial charge on any atom is -0.907 e. The van der Waals surface area contributed by atoms with Crippen molar-refractivity contribution in [3.63, 3.8) is 0 Å². The van der Waals surface area contributed by atoms with Crippen molar-refractivity contribution in [3.05, 3.63) is 0 Å². The van der Waals surface area contributed by atoms with E-state index in [1.54, 1.807) is 0 Å². The molecule has 0 rings (SSSR count). The average Bonchev–Trinajstić information content (AvgIpc) is 2.43. The molecular weight excluding hydrogens is 376 g/mol. The predicted molar refractivity (Wildman–Crippen MR) is 81.1 cm³/mol. The molecule has 0 spiro atoms. The van der Waals surface area contributed by atoms with Gasteiger partial charge < -0.3 is 25.0 Å². The van der Waals surface area contributed by atoms with Crippen molar-refractivity contribution in [1.29, 1.82) is 0 Å². The number of hydrogen-bond acceptors (Lipinski definition) is 5. The molecule has 23 heavy (non-hydrogen) atoms. The zero-order chi connectivity index (χ0) is 17.1. The van der Waals surface area contributed by atoms with E-state index in [-0.39, 0.29) is 28.8 Å². The first-order valence-electron chi connectivity index (χ1n) is 8.68.